The van der Waals surface area contributed by atoms with Crippen molar-refractivity contribution in [2.75, 3.05) is 20.3 Å². The first-order valence-electron chi connectivity index (χ1n) is 8.84. The molecule has 1 heterocycles. The maximum absolute atomic E-state index is 13.3. The van der Waals surface area contributed by atoms with Crippen LogP contribution in [0.2, 0.25) is 0 Å². The SMILES string of the molecule is COCCNC(C)c1nc2ccccc2c(=O)n1-c1cc(C)ccc1C. The van der Waals surface area contributed by atoms with Gasteiger partial charge in [-0.05, 0) is 50.1 Å². The second-order valence-corrected chi connectivity index (χ2v) is 6.59. The number of aryl methyl sites for hydroxylation is 2. The first kappa shape index (κ1) is 18.3. The Bertz CT molecular complexity index is 979. The third-order valence-electron chi connectivity index (χ3n) is 4.55. The molecule has 2 aromatic carbocycles. The van der Waals surface area contributed by atoms with Gasteiger partial charge < -0.3 is 10.1 Å². The molecule has 0 aliphatic heterocycles. The molecule has 0 spiro atoms. The Kier molecular flexibility index (Phi) is 5.49. The molecule has 136 valence electrons. The zero-order valence-electron chi connectivity index (χ0n) is 15.7. The van der Waals surface area contributed by atoms with Crippen LogP contribution in [-0.2, 0) is 4.74 Å². The van der Waals surface area contributed by atoms with Crippen molar-refractivity contribution in [2.45, 2.75) is 26.8 Å². The summed E-state index contributed by atoms with van der Waals surface area (Å²) >= 11 is 0. The van der Waals surface area contributed by atoms with Crippen LogP contribution in [0.15, 0.2) is 47.3 Å². The number of methoxy groups -OCH3 is 1. The first-order valence-corrected chi connectivity index (χ1v) is 8.84. The zero-order valence-corrected chi connectivity index (χ0v) is 15.7. The van der Waals surface area contributed by atoms with Gasteiger partial charge in [0.05, 0.1) is 29.2 Å². The van der Waals surface area contributed by atoms with Gasteiger partial charge in [0.1, 0.15) is 5.82 Å². The van der Waals surface area contributed by atoms with Gasteiger partial charge in [0.15, 0.2) is 0 Å². The van der Waals surface area contributed by atoms with Crippen LogP contribution >= 0.6 is 0 Å². The van der Waals surface area contributed by atoms with E-state index >= 15 is 0 Å². The lowest BCUT2D eigenvalue weighted by Gasteiger charge is -2.21. The van der Waals surface area contributed by atoms with Crippen LogP contribution < -0.4 is 10.9 Å². The molecule has 0 aliphatic carbocycles. The van der Waals surface area contributed by atoms with Crippen LogP contribution in [0.5, 0.6) is 0 Å². The third-order valence-corrected chi connectivity index (χ3v) is 4.55. The number of fused-ring (bicyclic) bond motifs is 1. The van der Waals surface area contributed by atoms with Gasteiger partial charge >= 0.3 is 0 Å². The van der Waals surface area contributed by atoms with E-state index in [0.29, 0.717) is 24.4 Å². The van der Waals surface area contributed by atoms with Crippen molar-refractivity contribution >= 4 is 10.9 Å². The third kappa shape index (κ3) is 3.54. The summed E-state index contributed by atoms with van der Waals surface area (Å²) in [5.41, 5.74) is 3.70. The molecule has 3 rings (SSSR count). The molecule has 3 aromatic rings. The average Bonchev–Trinajstić information content (AvgIpc) is 2.64. The standard InChI is InChI=1S/C21H25N3O2/c1-14-9-10-15(2)19(13-14)24-20(16(3)22-11-12-26-4)23-18-8-6-5-7-17(18)21(24)25/h5-10,13,16,22H,11-12H2,1-4H3. The van der Waals surface area contributed by atoms with Crippen molar-refractivity contribution in [2.24, 2.45) is 0 Å². The van der Waals surface area contributed by atoms with Crippen molar-refractivity contribution < 1.29 is 4.74 Å². The highest BCUT2D eigenvalue weighted by Gasteiger charge is 2.18. The number of hydrogen-bond donors (Lipinski definition) is 1. The average molecular weight is 351 g/mol. The molecule has 0 saturated heterocycles. The summed E-state index contributed by atoms with van der Waals surface area (Å²) in [4.78, 5) is 18.1. The van der Waals surface area contributed by atoms with Gasteiger partial charge in [0.2, 0.25) is 0 Å². The largest absolute Gasteiger partial charge is 0.383 e. The predicted octanol–water partition coefficient (Wildman–Crippen LogP) is 3.30. The second kappa shape index (κ2) is 7.81. The Morgan fingerprint density at radius 3 is 2.73 bits per heavy atom. The number of benzene rings is 2. The molecule has 1 atom stereocenters. The summed E-state index contributed by atoms with van der Waals surface area (Å²) in [5, 5.41) is 4.01. The van der Waals surface area contributed by atoms with Gasteiger partial charge in [-0.1, -0.05) is 24.3 Å². The van der Waals surface area contributed by atoms with Crippen molar-refractivity contribution in [3.63, 3.8) is 0 Å². The molecule has 0 bridgehead atoms. The van der Waals surface area contributed by atoms with Gasteiger partial charge in [0, 0.05) is 13.7 Å². The van der Waals surface area contributed by atoms with E-state index < -0.39 is 0 Å². The van der Waals surface area contributed by atoms with Crippen LogP contribution in [0.3, 0.4) is 0 Å². The molecular formula is C21H25N3O2. The molecule has 26 heavy (non-hydrogen) atoms. The molecular weight excluding hydrogens is 326 g/mol. The van der Waals surface area contributed by atoms with Gasteiger partial charge in [0.25, 0.3) is 5.56 Å². The smallest absolute Gasteiger partial charge is 0.266 e. The lowest BCUT2D eigenvalue weighted by molar-refractivity contribution is 0.196. The topological polar surface area (TPSA) is 56.1 Å². The van der Waals surface area contributed by atoms with E-state index in [0.717, 1.165) is 22.3 Å². The normalized spacial score (nSPS) is 12.5. The lowest BCUT2D eigenvalue weighted by atomic mass is 10.1. The monoisotopic (exact) mass is 351 g/mol. The van der Waals surface area contributed by atoms with E-state index in [-0.39, 0.29) is 11.6 Å². The van der Waals surface area contributed by atoms with Crippen molar-refractivity contribution in [1.29, 1.82) is 0 Å². The Labute approximate surface area is 153 Å². The number of para-hydroxylation sites is 1. The van der Waals surface area contributed by atoms with E-state index in [1.165, 1.54) is 0 Å². The van der Waals surface area contributed by atoms with Gasteiger partial charge in [-0.3, -0.25) is 9.36 Å². The zero-order chi connectivity index (χ0) is 18.7. The van der Waals surface area contributed by atoms with Crippen LogP contribution in [0.1, 0.15) is 29.9 Å². The number of nitrogens with one attached hydrogen (secondary N) is 1. The quantitative estimate of drug-likeness (QED) is 0.692. The van der Waals surface area contributed by atoms with Crippen molar-refractivity contribution in [1.82, 2.24) is 14.9 Å². The van der Waals surface area contributed by atoms with Gasteiger partial charge in [-0.25, -0.2) is 4.98 Å². The summed E-state index contributed by atoms with van der Waals surface area (Å²) in [5.74, 6) is 0.707. The van der Waals surface area contributed by atoms with E-state index in [2.05, 4.69) is 11.4 Å². The minimum Gasteiger partial charge on any atom is -0.383 e. The van der Waals surface area contributed by atoms with Crippen LogP contribution in [0.25, 0.3) is 16.6 Å². The number of hydrogen-bond acceptors (Lipinski definition) is 4. The van der Waals surface area contributed by atoms with Gasteiger partial charge in [-0.15, -0.1) is 0 Å². The van der Waals surface area contributed by atoms with E-state index in [9.17, 15) is 4.79 Å². The van der Waals surface area contributed by atoms with E-state index in [1.54, 1.807) is 11.7 Å². The minimum absolute atomic E-state index is 0.0420. The fraction of sp³-hybridized carbons (Fsp3) is 0.333. The lowest BCUT2D eigenvalue weighted by Crippen LogP contribution is -2.31. The second-order valence-electron chi connectivity index (χ2n) is 6.59. The molecule has 1 N–H and O–H groups in total. The molecule has 1 unspecified atom stereocenters. The Balaban J connectivity index is 2.24. The van der Waals surface area contributed by atoms with E-state index in [4.69, 9.17) is 9.72 Å². The molecule has 5 heteroatoms. The summed E-state index contributed by atoms with van der Waals surface area (Å²) < 4.78 is 6.87. The van der Waals surface area contributed by atoms with Crippen LogP contribution in [-0.4, -0.2) is 29.8 Å². The highest BCUT2D eigenvalue weighted by Crippen LogP contribution is 2.21. The fourth-order valence-corrected chi connectivity index (χ4v) is 3.10. The Morgan fingerprint density at radius 1 is 1.19 bits per heavy atom. The van der Waals surface area contributed by atoms with Crippen LogP contribution in [0.4, 0.5) is 0 Å². The highest BCUT2D eigenvalue weighted by molar-refractivity contribution is 5.78. The summed E-state index contributed by atoms with van der Waals surface area (Å²) in [7, 11) is 1.67. The number of rotatable bonds is 6. The molecule has 0 fully saturated rings. The maximum Gasteiger partial charge on any atom is 0.266 e. The highest BCUT2D eigenvalue weighted by atomic mass is 16.5. The summed E-state index contributed by atoms with van der Waals surface area (Å²) in [6.45, 7) is 7.36. The number of ether oxygens (including phenoxy) is 1. The molecule has 0 radical (unpaired) electrons. The molecule has 5 nitrogen and oxygen atoms in total. The number of nitrogens with zero attached hydrogens (tertiary/aromatic N) is 2. The molecule has 0 aliphatic rings. The molecule has 0 amide bonds. The van der Waals surface area contributed by atoms with Gasteiger partial charge in [-0.2, -0.15) is 0 Å². The summed E-state index contributed by atoms with van der Waals surface area (Å²) in [6.07, 6.45) is 0. The minimum atomic E-state index is -0.0950. The maximum atomic E-state index is 13.3. The Hall–Kier alpha value is -2.50. The fourth-order valence-electron chi connectivity index (χ4n) is 3.10. The molecule has 1 aromatic heterocycles. The van der Waals surface area contributed by atoms with Crippen LogP contribution in [0, 0.1) is 13.8 Å². The number of aromatic nitrogens is 2. The summed E-state index contributed by atoms with van der Waals surface area (Å²) in [6, 6.07) is 13.5. The van der Waals surface area contributed by atoms with Crippen molar-refractivity contribution in [3.05, 3.63) is 69.8 Å². The Morgan fingerprint density at radius 2 is 1.96 bits per heavy atom. The first-order chi connectivity index (χ1) is 12.5. The predicted molar refractivity (Wildman–Crippen MR) is 105 cm³/mol. The molecule has 0 saturated carbocycles. The van der Waals surface area contributed by atoms with E-state index in [1.807, 2.05) is 57.2 Å². The van der Waals surface area contributed by atoms with Crippen molar-refractivity contribution in [3.8, 4) is 5.69 Å².